The van der Waals surface area contributed by atoms with Gasteiger partial charge in [0.05, 0.1) is 11.1 Å². The Labute approximate surface area is 207 Å². The summed E-state index contributed by atoms with van der Waals surface area (Å²) in [7, 11) is 0. The Morgan fingerprint density at radius 3 is 2.53 bits per heavy atom. The third-order valence-electron chi connectivity index (χ3n) is 7.87. The maximum absolute atomic E-state index is 14.6. The Bertz CT molecular complexity index is 1430. The highest BCUT2D eigenvalue weighted by molar-refractivity contribution is 6.06. The highest BCUT2D eigenvalue weighted by Gasteiger charge is 2.48. The van der Waals surface area contributed by atoms with Crippen LogP contribution >= 0.6 is 0 Å². The van der Waals surface area contributed by atoms with Gasteiger partial charge in [0, 0.05) is 30.4 Å². The first-order valence-electron chi connectivity index (χ1n) is 12.3. The number of benzene rings is 2. The van der Waals surface area contributed by atoms with Gasteiger partial charge in [-0.15, -0.1) is 0 Å². The van der Waals surface area contributed by atoms with Crippen molar-refractivity contribution >= 4 is 16.8 Å². The molecule has 2 aliphatic carbocycles. The van der Waals surface area contributed by atoms with Gasteiger partial charge in [0.15, 0.2) is 0 Å². The molecule has 184 valence electrons. The summed E-state index contributed by atoms with van der Waals surface area (Å²) < 4.78 is 42.5. The van der Waals surface area contributed by atoms with Crippen LogP contribution in [-0.2, 0) is 6.54 Å². The number of carbonyl (C=O) groups excluding carboxylic acids is 1. The topological polar surface area (TPSA) is 46.9 Å². The molecule has 7 heteroatoms. The van der Waals surface area contributed by atoms with Crippen LogP contribution in [0.1, 0.15) is 60.1 Å². The summed E-state index contributed by atoms with van der Waals surface area (Å²) in [5.74, 6) is -0.526. The minimum atomic E-state index is -2.62. The normalized spacial score (nSPS) is 16.8. The maximum Gasteiger partial charge on any atom is 0.280 e. The third kappa shape index (κ3) is 4.06. The minimum Gasteiger partial charge on any atom is -0.349 e. The van der Waals surface area contributed by atoms with Gasteiger partial charge in [0.1, 0.15) is 11.5 Å². The molecule has 0 aliphatic heterocycles. The second kappa shape index (κ2) is 8.80. The second-order valence-corrected chi connectivity index (χ2v) is 10.2. The molecule has 2 saturated carbocycles. The summed E-state index contributed by atoms with van der Waals surface area (Å²) in [6, 6.07) is 15.5. The zero-order valence-electron chi connectivity index (χ0n) is 19.7. The smallest absolute Gasteiger partial charge is 0.280 e. The van der Waals surface area contributed by atoms with E-state index in [2.05, 4.69) is 10.3 Å². The van der Waals surface area contributed by atoms with E-state index in [1.807, 2.05) is 28.8 Å². The van der Waals surface area contributed by atoms with Crippen LogP contribution in [0.5, 0.6) is 0 Å². The van der Waals surface area contributed by atoms with Crippen LogP contribution in [0.25, 0.3) is 22.0 Å². The lowest BCUT2D eigenvalue weighted by Gasteiger charge is -2.54. The number of alkyl halides is 2. The molecule has 1 spiro atoms. The van der Waals surface area contributed by atoms with E-state index in [1.165, 1.54) is 37.6 Å². The van der Waals surface area contributed by atoms with Gasteiger partial charge in [0.25, 0.3) is 12.3 Å². The molecule has 0 radical (unpaired) electrons. The molecule has 2 aromatic carbocycles. The predicted octanol–water partition coefficient (Wildman–Crippen LogP) is 6.89. The standard InChI is InChI=1S/C29H26F3N3O/c30-24-7-6-23(28(36)34-21-15-29(16-21)10-1-11-29)26-22(24)9-13-35(26)17-18-2-4-19(5-3-18)20-8-12-33-25(14-20)27(31)32/h2-9,12-14,21,27H,1,10-11,15-17H2,(H,34,36). The number of carbonyl (C=O) groups is 1. The van der Waals surface area contributed by atoms with Crippen molar-refractivity contribution in [2.45, 2.75) is 51.1 Å². The first-order valence-corrected chi connectivity index (χ1v) is 12.3. The number of aromatic nitrogens is 2. The molecule has 6 rings (SSSR count). The molecule has 0 atom stereocenters. The highest BCUT2D eigenvalue weighted by Crippen LogP contribution is 2.55. The van der Waals surface area contributed by atoms with Crippen molar-refractivity contribution < 1.29 is 18.0 Å². The quantitative estimate of drug-likeness (QED) is 0.321. The fourth-order valence-corrected chi connectivity index (χ4v) is 5.79. The van der Waals surface area contributed by atoms with Gasteiger partial charge < -0.3 is 9.88 Å². The molecule has 4 nitrogen and oxygen atoms in total. The zero-order chi connectivity index (χ0) is 24.9. The van der Waals surface area contributed by atoms with E-state index in [1.54, 1.807) is 24.4 Å². The average molecular weight is 490 g/mol. The van der Waals surface area contributed by atoms with Crippen LogP contribution < -0.4 is 5.32 Å². The van der Waals surface area contributed by atoms with Crippen molar-refractivity contribution in [1.82, 2.24) is 14.9 Å². The summed E-state index contributed by atoms with van der Waals surface area (Å²) in [4.78, 5) is 16.9. The molecule has 2 heterocycles. The Morgan fingerprint density at radius 2 is 1.83 bits per heavy atom. The number of hydrogen-bond acceptors (Lipinski definition) is 2. The second-order valence-electron chi connectivity index (χ2n) is 10.2. The molecular formula is C29H26F3N3O. The number of rotatable bonds is 6. The number of pyridine rings is 1. The number of halogens is 3. The van der Waals surface area contributed by atoms with Crippen LogP contribution in [0, 0.1) is 11.2 Å². The minimum absolute atomic E-state index is 0.165. The van der Waals surface area contributed by atoms with Crippen molar-refractivity contribution in [3.8, 4) is 11.1 Å². The van der Waals surface area contributed by atoms with E-state index in [0.29, 0.717) is 34.0 Å². The average Bonchev–Trinajstić information content (AvgIpc) is 3.25. The van der Waals surface area contributed by atoms with Gasteiger partial charge in [-0.2, -0.15) is 0 Å². The van der Waals surface area contributed by atoms with Crippen molar-refractivity contribution in [1.29, 1.82) is 0 Å². The van der Waals surface area contributed by atoms with Gasteiger partial charge in [-0.1, -0.05) is 30.7 Å². The highest BCUT2D eigenvalue weighted by atomic mass is 19.3. The summed E-state index contributed by atoms with van der Waals surface area (Å²) in [6.07, 6.45) is 6.43. The van der Waals surface area contributed by atoms with Gasteiger partial charge in [0.2, 0.25) is 0 Å². The Balaban J connectivity index is 1.23. The van der Waals surface area contributed by atoms with E-state index < -0.39 is 6.43 Å². The summed E-state index contributed by atoms with van der Waals surface area (Å²) >= 11 is 0. The lowest BCUT2D eigenvalue weighted by Crippen LogP contribution is -2.53. The lowest BCUT2D eigenvalue weighted by molar-refractivity contribution is -0.000604. The predicted molar refractivity (Wildman–Crippen MR) is 132 cm³/mol. The molecule has 0 bridgehead atoms. The van der Waals surface area contributed by atoms with E-state index in [4.69, 9.17) is 0 Å². The molecule has 0 saturated heterocycles. The first kappa shape index (κ1) is 22.8. The van der Waals surface area contributed by atoms with Gasteiger partial charge >= 0.3 is 0 Å². The van der Waals surface area contributed by atoms with Crippen molar-refractivity contribution in [2.24, 2.45) is 5.41 Å². The molecule has 4 aromatic rings. The number of fused-ring (bicyclic) bond motifs is 1. The monoisotopic (exact) mass is 489 g/mol. The Hall–Kier alpha value is -3.61. The van der Waals surface area contributed by atoms with Gasteiger partial charge in [-0.05, 0) is 78.1 Å². The molecule has 2 aromatic heterocycles. The zero-order valence-corrected chi connectivity index (χ0v) is 19.7. The van der Waals surface area contributed by atoms with Crippen LogP contribution in [0.15, 0.2) is 67.0 Å². The van der Waals surface area contributed by atoms with Crippen LogP contribution in [0.4, 0.5) is 13.2 Å². The third-order valence-corrected chi connectivity index (χ3v) is 7.87. The Morgan fingerprint density at radius 1 is 1.06 bits per heavy atom. The molecule has 1 amide bonds. The molecule has 2 fully saturated rings. The van der Waals surface area contributed by atoms with E-state index >= 15 is 0 Å². The number of nitrogens with zero attached hydrogens (tertiary/aromatic N) is 2. The maximum atomic E-state index is 14.6. The van der Waals surface area contributed by atoms with Crippen molar-refractivity contribution in [2.75, 3.05) is 0 Å². The van der Waals surface area contributed by atoms with E-state index in [9.17, 15) is 18.0 Å². The van der Waals surface area contributed by atoms with Gasteiger partial charge in [-0.25, -0.2) is 13.2 Å². The number of amides is 1. The first-order chi connectivity index (χ1) is 17.4. The number of nitrogens with one attached hydrogen (secondary N) is 1. The molecular weight excluding hydrogens is 463 g/mol. The SMILES string of the molecule is O=C(NC1CC2(CCC2)C1)c1ccc(F)c2ccn(Cc3ccc(-c4ccnc(C(F)F)c4)cc3)c12. The van der Waals surface area contributed by atoms with Crippen LogP contribution in [-0.4, -0.2) is 21.5 Å². The fraction of sp³-hybridized carbons (Fsp3) is 0.310. The van der Waals surface area contributed by atoms with Crippen molar-refractivity contribution in [3.05, 3.63) is 89.6 Å². The lowest BCUT2D eigenvalue weighted by atomic mass is 9.54. The molecule has 0 unspecified atom stereocenters. The largest absolute Gasteiger partial charge is 0.349 e. The van der Waals surface area contributed by atoms with E-state index in [-0.39, 0.29) is 23.5 Å². The van der Waals surface area contributed by atoms with Crippen molar-refractivity contribution in [3.63, 3.8) is 0 Å². The molecule has 1 N–H and O–H groups in total. The summed E-state index contributed by atoms with van der Waals surface area (Å²) in [5, 5.41) is 3.57. The van der Waals surface area contributed by atoms with Crippen LogP contribution in [0.2, 0.25) is 0 Å². The molecule has 36 heavy (non-hydrogen) atoms. The molecule has 2 aliphatic rings. The van der Waals surface area contributed by atoms with E-state index in [0.717, 1.165) is 24.0 Å². The summed E-state index contributed by atoms with van der Waals surface area (Å²) in [6.45, 7) is 0.443. The Kier molecular flexibility index (Phi) is 5.58. The summed E-state index contributed by atoms with van der Waals surface area (Å²) in [5.41, 5.74) is 3.66. The number of hydrogen-bond donors (Lipinski definition) is 1. The van der Waals surface area contributed by atoms with Crippen LogP contribution in [0.3, 0.4) is 0 Å². The van der Waals surface area contributed by atoms with Gasteiger partial charge in [-0.3, -0.25) is 9.78 Å². The fourth-order valence-electron chi connectivity index (χ4n) is 5.79.